The number of rotatable bonds is 6. The van der Waals surface area contributed by atoms with Gasteiger partial charge in [0.2, 0.25) is 0 Å². The van der Waals surface area contributed by atoms with Gasteiger partial charge in [-0.3, -0.25) is 0 Å². The first-order valence-corrected chi connectivity index (χ1v) is 10.3. The van der Waals surface area contributed by atoms with E-state index in [0.717, 1.165) is 24.5 Å². The van der Waals surface area contributed by atoms with Gasteiger partial charge in [0.15, 0.2) is 0 Å². The van der Waals surface area contributed by atoms with Crippen LogP contribution in [0.15, 0.2) is 36.4 Å². The van der Waals surface area contributed by atoms with E-state index in [1.165, 1.54) is 18.2 Å². The van der Waals surface area contributed by atoms with Crippen molar-refractivity contribution < 1.29 is 23.1 Å². The number of halogens is 3. The van der Waals surface area contributed by atoms with Gasteiger partial charge in [-0.25, -0.2) is 18.0 Å². The van der Waals surface area contributed by atoms with Crippen molar-refractivity contribution in [2.75, 3.05) is 13.2 Å². The summed E-state index contributed by atoms with van der Waals surface area (Å²) >= 11 is 0. The lowest BCUT2D eigenvalue weighted by atomic mass is 9.70. The van der Waals surface area contributed by atoms with E-state index in [-0.39, 0.29) is 41.8 Å². The van der Waals surface area contributed by atoms with Crippen LogP contribution in [0.1, 0.15) is 31.2 Å². The number of hydrogen-bond donors (Lipinski definition) is 4. The van der Waals surface area contributed by atoms with Gasteiger partial charge in [0.25, 0.3) is 0 Å². The van der Waals surface area contributed by atoms with E-state index in [1.54, 1.807) is 19.1 Å². The quantitative estimate of drug-likeness (QED) is 0.466. The topological polar surface area (TPSA) is 77.2 Å². The number of aliphatic hydroxyl groups excluding tert-OH is 1. The number of aromatic nitrogens is 1. The maximum atomic E-state index is 14.4. The average Bonchev–Trinajstić information content (AvgIpc) is 3.06. The first kappa shape index (κ1) is 21.2. The number of benzene rings is 2. The molecule has 1 aliphatic carbocycles. The summed E-state index contributed by atoms with van der Waals surface area (Å²) in [5, 5.41) is 14.9. The van der Waals surface area contributed by atoms with Crippen LogP contribution in [0.4, 0.5) is 18.0 Å². The van der Waals surface area contributed by atoms with E-state index >= 15 is 0 Å². The monoisotopic (exact) mass is 431 g/mol. The summed E-state index contributed by atoms with van der Waals surface area (Å²) in [4.78, 5) is 14.9. The molecular weight excluding hydrogens is 407 g/mol. The minimum Gasteiger partial charge on any atom is -0.394 e. The maximum absolute atomic E-state index is 14.4. The third-order valence-electron chi connectivity index (χ3n) is 5.84. The molecule has 1 aromatic heterocycles. The van der Waals surface area contributed by atoms with Crippen LogP contribution < -0.4 is 10.6 Å². The molecule has 1 aliphatic rings. The highest BCUT2D eigenvalue weighted by atomic mass is 19.1. The molecule has 0 bridgehead atoms. The van der Waals surface area contributed by atoms with Crippen molar-refractivity contribution in [1.29, 1.82) is 0 Å². The number of carbonyl (C=O) groups excluding carboxylic acids is 1. The van der Waals surface area contributed by atoms with Gasteiger partial charge in [-0.1, -0.05) is 0 Å². The van der Waals surface area contributed by atoms with Crippen LogP contribution in [0.3, 0.4) is 0 Å². The Morgan fingerprint density at radius 1 is 1.16 bits per heavy atom. The number of carbonyl (C=O) groups is 1. The Kier molecular flexibility index (Phi) is 5.91. The SMILES string of the molecule is C[C@@H](CO)NC(=O)NC[C@H]1C[C@H](c2c(-c3ccc(F)cc3)[nH]c3c(F)cc(F)cc32)C1. The third-order valence-corrected chi connectivity index (χ3v) is 5.84. The van der Waals surface area contributed by atoms with E-state index in [1.807, 2.05) is 0 Å². The fraction of sp³-hybridized carbons (Fsp3) is 0.348. The molecular formula is C23H24F3N3O2. The van der Waals surface area contributed by atoms with Gasteiger partial charge in [-0.15, -0.1) is 0 Å². The number of aliphatic hydroxyl groups is 1. The molecule has 164 valence electrons. The predicted molar refractivity (Wildman–Crippen MR) is 112 cm³/mol. The number of nitrogens with one attached hydrogen (secondary N) is 3. The Bertz CT molecular complexity index is 1090. The highest BCUT2D eigenvalue weighted by Gasteiger charge is 2.34. The molecule has 0 aliphatic heterocycles. The maximum Gasteiger partial charge on any atom is 0.315 e. The molecule has 1 fully saturated rings. The van der Waals surface area contributed by atoms with Gasteiger partial charge in [0.05, 0.1) is 23.9 Å². The van der Waals surface area contributed by atoms with Crippen LogP contribution in [-0.4, -0.2) is 35.3 Å². The number of hydrogen-bond acceptors (Lipinski definition) is 2. The van der Waals surface area contributed by atoms with Gasteiger partial charge in [-0.05, 0) is 73.1 Å². The van der Waals surface area contributed by atoms with Crippen molar-refractivity contribution in [3.63, 3.8) is 0 Å². The molecule has 0 spiro atoms. The van der Waals surface area contributed by atoms with E-state index in [0.29, 0.717) is 23.2 Å². The zero-order valence-electron chi connectivity index (χ0n) is 17.0. The van der Waals surface area contributed by atoms with E-state index in [9.17, 15) is 18.0 Å². The van der Waals surface area contributed by atoms with E-state index < -0.39 is 11.6 Å². The molecule has 0 unspecified atom stereocenters. The Morgan fingerprint density at radius 2 is 1.87 bits per heavy atom. The number of aromatic amines is 1. The van der Waals surface area contributed by atoms with Gasteiger partial charge in [0.1, 0.15) is 17.5 Å². The van der Waals surface area contributed by atoms with Crippen molar-refractivity contribution in [1.82, 2.24) is 15.6 Å². The van der Waals surface area contributed by atoms with Crippen molar-refractivity contribution in [3.8, 4) is 11.3 Å². The van der Waals surface area contributed by atoms with Gasteiger partial charge >= 0.3 is 6.03 Å². The van der Waals surface area contributed by atoms with E-state index in [4.69, 9.17) is 5.11 Å². The normalized spacial score (nSPS) is 19.1. The summed E-state index contributed by atoms with van der Waals surface area (Å²) in [5.74, 6) is -1.41. The smallest absolute Gasteiger partial charge is 0.315 e. The lowest BCUT2D eigenvalue weighted by Crippen LogP contribution is -2.45. The zero-order chi connectivity index (χ0) is 22.1. The molecule has 4 N–H and O–H groups in total. The van der Waals surface area contributed by atoms with Crippen LogP contribution in [0, 0.1) is 23.4 Å². The van der Waals surface area contributed by atoms with Crippen molar-refractivity contribution in [2.45, 2.75) is 31.7 Å². The van der Waals surface area contributed by atoms with Crippen LogP contribution in [0.25, 0.3) is 22.2 Å². The second-order valence-corrected chi connectivity index (χ2v) is 8.20. The molecule has 4 rings (SSSR count). The molecule has 8 heteroatoms. The van der Waals surface area contributed by atoms with Crippen molar-refractivity contribution in [2.24, 2.45) is 5.92 Å². The molecule has 2 aromatic carbocycles. The minimum absolute atomic E-state index is 0.0567. The Labute approximate surface area is 177 Å². The molecule has 0 saturated heterocycles. The largest absolute Gasteiger partial charge is 0.394 e. The third kappa shape index (κ3) is 4.39. The molecule has 1 atom stereocenters. The zero-order valence-corrected chi connectivity index (χ0v) is 17.0. The molecule has 0 radical (unpaired) electrons. The second kappa shape index (κ2) is 8.63. The first-order chi connectivity index (χ1) is 14.9. The van der Waals surface area contributed by atoms with Gasteiger partial charge in [0, 0.05) is 18.0 Å². The highest BCUT2D eigenvalue weighted by Crippen LogP contribution is 2.48. The standard InChI is InChI=1S/C23H24F3N3O2/c1-12(11-30)28-23(31)27-10-13-6-15(7-13)20-18-8-17(25)9-19(26)22(18)29-21(20)14-2-4-16(24)5-3-14/h2-5,8-9,12-13,15,29-30H,6-7,10-11H2,1H3,(H2,27,28,31)/t12-,13-,15-/m0/s1. The van der Waals surface area contributed by atoms with Gasteiger partial charge in [-0.2, -0.15) is 0 Å². The number of urea groups is 1. The fourth-order valence-corrected chi connectivity index (χ4v) is 4.20. The van der Waals surface area contributed by atoms with Crippen LogP contribution in [0.2, 0.25) is 0 Å². The number of amides is 2. The molecule has 3 aromatic rings. The molecule has 2 amide bonds. The summed E-state index contributed by atoms with van der Waals surface area (Å²) in [6, 6.07) is 7.40. The average molecular weight is 431 g/mol. The fourth-order valence-electron chi connectivity index (χ4n) is 4.20. The molecule has 5 nitrogen and oxygen atoms in total. The lowest BCUT2D eigenvalue weighted by molar-refractivity contribution is 0.211. The lowest BCUT2D eigenvalue weighted by Gasteiger charge is -2.36. The molecule has 1 heterocycles. The highest BCUT2D eigenvalue weighted by molar-refractivity contribution is 5.92. The summed E-state index contributed by atoms with van der Waals surface area (Å²) in [6.45, 7) is 2.03. The second-order valence-electron chi connectivity index (χ2n) is 8.20. The van der Waals surface area contributed by atoms with Crippen LogP contribution in [0.5, 0.6) is 0 Å². The predicted octanol–water partition coefficient (Wildman–Crippen LogP) is 4.43. The van der Waals surface area contributed by atoms with Crippen LogP contribution in [-0.2, 0) is 0 Å². The minimum atomic E-state index is -0.670. The summed E-state index contributed by atoms with van der Waals surface area (Å²) in [7, 11) is 0. The van der Waals surface area contributed by atoms with E-state index in [2.05, 4.69) is 15.6 Å². The van der Waals surface area contributed by atoms with Gasteiger partial charge < -0.3 is 20.7 Å². The molecule has 31 heavy (non-hydrogen) atoms. The Morgan fingerprint density at radius 3 is 2.55 bits per heavy atom. The summed E-state index contributed by atoms with van der Waals surface area (Å²) < 4.78 is 41.8. The van der Waals surface area contributed by atoms with Crippen LogP contribution >= 0.6 is 0 Å². The number of H-pyrrole nitrogens is 1. The summed E-state index contributed by atoms with van der Waals surface area (Å²) in [5.41, 5.74) is 2.40. The van der Waals surface area contributed by atoms with Crippen molar-refractivity contribution >= 4 is 16.9 Å². The Balaban J connectivity index is 1.55. The summed E-state index contributed by atoms with van der Waals surface area (Å²) in [6.07, 6.45) is 1.49. The first-order valence-electron chi connectivity index (χ1n) is 10.3. The van der Waals surface area contributed by atoms with Crippen molar-refractivity contribution in [3.05, 3.63) is 59.4 Å². The Hall–Kier alpha value is -3.00. The number of fused-ring (bicyclic) bond motifs is 1. The molecule has 1 saturated carbocycles.